The number of amides is 1. The van der Waals surface area contributed by atoms with Crippen LogP contribution in [-0.4, -0.2) is 37.5 Å². The molecule has 2 N–H and O–H groups in total. The van der Waals surface area contributed by atoms with Gasteiger partial charge in [0.1, 0.15) is 6.23 Å². The van der Waals surface area contributed by atoms with E-state index < -0.39 is 24.4 Å². The normalized spacial score (nSPS) is 26.7. The van der Waals surface area contributed by atoms with Gasteiger partial charge in [-0.05, 0) is 19.9 Å². The van der Waals surface area contributed by atoms with E-state index in [1.165, 1.54) is 0 Å². The van der Waals surface area contributed by atoms with E-state index in [-0.39, 0.29) is 0 Å². The molecule has 1 fully saturated rings. The first-order chi connectivity index (χ1) is 6.95. The second kappa shape index (κ2) is 4.80. The van der Waals surface area contributed by atoms with Crippen LogP contribution in [0.1, 0.15) is 13.3 Å². The summed E-state index contributed by atoms with van der Waals surface area (Å²) >= 11 is 0. The molecule has 1 amide bonds. The Labute approximate surface area is 85.2 Å². The maximum Gasteiger partial charge on any atom is 0.471 e. The van der Waals surface area contributed by atoms with Crippen LogP contribution >= 0.6 is 0 Å². The fraction of sp³-hybridized carbons (Fsp3) is 0.875. The third-order valence-electron chi connectivity index (χ3n) is 2.09. The Morgan fingerprint density at radius 3 is 2.80 bits per heavy atom. The molecule has 0 radical (unpaired) electrons. The Morgan fingerprint density at radius 2 is 2.27 bits per heavy atom. The minimum Gasteiger partial charge on any atom is -0.361 e. The highest BCUT2D eigenvalue weighted by atomic mass is 19.4. The van der Waals surface area contributed by atoms with Crippen LogP contribution in [-0.2, 0) is 9.53 Å². The van der Waals surface area contributed by atoms with Crippen LogP contribution in [0, 0.1) is 0 Å². The number of alkyl halides is 3. The lowest BCUT2D eigenvalue weighted by molar-refractivity contribution is -0.175. The molecule has 1 aliphatic heterocycles. The van der Waals surface area contributed by atoms with Gasteiger partial charge in [-0.25, -0.2) is 0 Å². The zero-order chi connectivity index (χ0) is 11.5. The summed E-state index contributed by atoms with van der Waals surface area (Å²) in [7, 11) is 0. The van der Waals surface area contributed by atoms with Gasteiger partial charge < -0.3 is 10.1 Å². The Balaban J connectivity index is 2.47. The van der Waals surface area contributed by atoms with E-state index in [1.807, 2.05) is 5.32 Å². The summed E-state index contributed by atoms with van der Waals surface area (Å²) in [5.41, 5.74) is 0. The zero-order valence-electron chi connectivity index (χ0n) is 8.23. The predicted molar refractivity (Wildman–Crippen MR) is 46.0 cm³/mol. The van der Waals surface area contributed by atoms with E-state index in [9.17, 15) is 18.0 Å². The van der Waals surface area contributed by atoms with Crippen molar-refractivity contribution in [2.75, 3.05) is 13.2 Å². The molecule has 1 heterocycles. The highest BCUT2D eigenvalue weighted by Gasteiger charge is 2.41. The standard InChI is InChI=1S/C8H13F3N2O2/c1-2-15-6-5(3-4-12-6)13-7(14)8(9,10)11/h5-6,12H,2-4H2,1H3,(H,13,14). The van der Waals surface area contributed by atoms with Crippen LogP contribution in [0.25, 0.3) is 0 Å². The van der Waals surface area contributed by atoms with Gasteiger partial charge in [0.15, 0.2) is 0 Å². The molecule has 0 aromatic rings. The van der Waals surface area contributed by atoms with Crippen LogP contribution in [0.5, 0.6) is 0 Å². The van der Waals surface area contributed by atoms with Gasteiger partial charge in [-0.3, -0.25) is 10.1 Å². The van der Waals surface area contributed by atoms with Crippen molar-refractivity contribution in [3.63, 3.8) is 0 Å². The van der Waals surface area contributed by atoms with Gasteiger partial charge in [-0.1, -0.05) is 0 Å². The number of ether oxygens (including phenoxy) is 1. The topological polar surface area (TPSA) is 50.4 Å². The molecule has 15 heavy (non-hydrogen) atoms. The van der Waals surface area contributed by atoms with Crippen molar-refractivity contribution in [3.05, 3.63) is 0 Å². The Hall–Kier alpha value is -0.820. The third-order valence-corrected chi connectivity index (χ3v) is 2.09. The van der Waals surface area contributed by atoms with Crippen LogP contribution < -0.4 is 10.6 Å². The van der Waals surface area contributed by atoms with Crippen molar-refractivity contribution in [1.29, 1.82) is 0 Å². The van der Waals surface area contributed by atoms with Gasteiger partial charge in [0.05, 0.1) is 6.04 Å². The SMILES string of the molecule is CCOC1NCCC1NC(=O)C(F)(F)F. The molecule has 2 atom stereocenters. The van der Waals surface area contributed by atoms with E-state index in [4.69, 9.17) is 4.74 Å². The van der Waals surface area contributed by atoms with Crippen molar-refractivity contribution < 1.29 is 22.7 Å². The Morgan fingerprint density at radius 1 is 1.60 bits per heavy atom. The molecule has 7 heteroatoms. The second-order valence-electron chi connectivity index (χ2n) is 3.20. The Bertz CT molecular complexity index is 232. The molecule has 0 spiro atoms. The predicted octanol–water partition coefficient (Wildman–Crippen LogP) is 0.389. The maximum atomic E-state index is 11.9. The number of halogens is 3. The zero-order valence-corrected chi connectivity index (χ0v) is 8.23. The molecule has 2 unspecified atom stereocenters. The van der Waals surface area contributed by atoms with Crippen molar-refractivity contribution in [1.82, 2.24) is 10.6 Å². The largest absolute Gasteiger partial charge is 0.471 e. The minimum absolute atomic E-state index is 0.385. The van der Waals surface area contributed by atoms with Gasteiger partial charge in [0.25, 0.3) is 0 Å². The van der Waals surface area contributed by atoms with E-state index in [2.05, 4.69) is 5.32 Å². The number of rotatable bonds is 3. The quantitative estimate of drug-likeness (QED) is 0.732. The molecule has 0 aromatic carbocycles. The van der Waals surface area contributed by atoms with Crippen molar-refractivity contribution in [2.24, 2.45) is 0 Å². The average Bonchev–Trinajstić information content (AvgIpc) is 2.52. The number of carbonyl (C=O) groups excluding carboxylic acids is 1. The lowest BCUT2D eigenvalue weighted by atomic mass is 10.2. The first-order valence-corrected chi connectivity index (χ1v) is 4.68. The molecule has 1 aliphatic rings. The van der Waals surface area contributed by atoms with Gasteiger partial charge >= 0.3 is 12.1 Å². The smallest absolute Gasteiger partial charge is 0.361 e. The highest BCUT2D eigenvalue weighted by molar-refractivity contribution is 5.82. The summed E-state index contributed by atoms with van der Waals surface area (Å²) in [5.74, 6) is -1.92. The minimum atomic E-state index is -4.83. The Kier molecular flexibility index (Phi) is 3.92. The van der Waals surface area contributed by atoms with E-state index in [1.54, 1.807) is 6.92 Å². The number of nitrogens with one attached hydrogen (secondary N) is 2. The highest BCUT2D eigenvalue weighted by Crippen LogP contribution is 2.16. The third kappa shape index (κ3) is 3.35. The summed E-state index contributed by atoms with van der Waals surface area (Å²) < 4.78 is 41.0. The van der Waals surface area contributed by atoms with Gasteiger partial charge in [0, 0.05) is 6.61 Å². The molecule has 0 aliphatic carbocycles. The van der Waals surface area contributed by atoms with Crippen molar-refractivity contribution in [2.45, 2.75) is 31.8 Å². The van der Waals surface area contributed by atoms with Gasteiger partial charge in [0.2, 0.25) is 0 Å². The van der Waals surface area contributed by atoms with E-state index in [0.29, 0.717) is 19.6 Å². The molecule has 88 valence electrons. The summed E-state index contributed by atoms with van der Waals surface area (Å²) in [4.78, 5) is 10.7. The number of hydrogen-bond acceptors (Lipinski definition) is 3. The summed E-state index contributed by atoms with van der Waals surface area (Å²) in [6, 6.07) is -0.612. The monoisotopic (exact) mass is 226 g/mol. The van der Waals surface area contributed by atoms with Gasteiger partial charge in [-0.15, -0.1) is 0 Å². The lowest BCUT2D eigenvalue weighted by Crippen LogP contribution is -2.49. The van der Waals surface area contributed by atoms with Crippen LogP contribution in [0.4, 0.5) is 13.2 Å². The molecule has 0 saturated carbocycles. The first kappa shape index (κ1) is 12.3. The molecular weight excluding hydrogens is 213 g/mol. The van der Waals surface area contributed by atoms with Crippen molar-refractivity contribution in [3.8, 4) is 0 Å². The van der Waals surface area contributed by atoms with E-state index >= 15 is 0 Å². The van der Waals surface area contributed by atoms with Crippen LogP contribution in [0.15, 0.2) is 0 Å². The first-order valence-electron chi connectivity index (χ1n) is 4.68. The molecule has 1 saturated heterocycles. The molecule has 4 nitrogen and oxygen atoms in total. The van der Waals surface area contributed by atoms with Gasteiger partial charge in [-0.2, -0.15) is 13.2 Å². The van der Waals surface area contributed by atoms with Crippen LogP contribution in [0.2, 0.25) is 0 Å². The average molecular weight is 226 g/mol. The fourth-order valence-electron chi connectivity index (χ4n) is 1.43. The lowest BCUT2D eigenvalue weighted by Gasteiger charge is -2.21. The molecule has 1 rings (SSSR count). The van der Waals surface area contributed by atoms with E-state index in [0.717, 1.165) is 0 Å². The van der Waals surface area contributed by atoms with Crippen molar-refractivity contribution >= 4 is 5.91 Å². The summed E-state index contributed by atoms with van der Waals surface area (Å²) in [6.07, 6.45) is -4.92. The summed E-state index contributed by atoms with van der Waals surface area (Å²) in [5, 5.41) is 4.76. The van der Waals surface area contributed by atoms with Crippen LogP contribution in [0.3, 0.4) is 0 Å². The molecular formula is C8H13F3N2O2. The number of carbonyl (C=O) groups is 1. The molecule has 0 bridgehead atoms. The summed E-state index contributed by atoms with van der Waals surface area (Å²) in [6.45, 7) is 2.66. The number of hydrogen-bond donors (Lipinski definition) is 2. The molecule has 0 aromatic heterocycles. The maximum absolute atomic E-state index is 11.9. The second-order valence-corrected chi connectivity index (χ2v) is 3.20. The fourth-order valence-corrected chi connectivity index (χ4v) is 1.43.